The summed E-state index contributed by atoms with van der Waals surface area (Å²) in [6.07, 6.45) is 3.95. The van der Waals surface area contributed by atoms with E-state index < -0.39 is 48.8 Å². The van der Waals surface area contributed by atoms with Gasteiger partial charge in [-0.2, -0.15) is 0 Å². The Balaban J connectivity index is 2.62. The Bertz CT molecular complexity index is 1190. The number of amides is 1. The Hall–Kier alpha value is -1.79. The Morgan fingerprint density at radius 2 is 1.45 bits per heavy atom. The molecule has 3 N–H and O–H groups in total. The topological polar surface area (TPSA) is 179 Å². The lowest BCUT2D eigenvalue weighted by Gasteiger charge is -2.34. The average molecular weight is 625 g/mol. The number of carbonyl (C=O) groups excluding carboxylic acids is 1. The van der Waals surface area contributed by atoms with Crippen LogP contribution in [0.2, 0.25) is 0 Å². The summed E-state index contributed by atoms with van der Waals surface area (Å²) in [6, 6.07) is 4.24. The maximum atomic E-state index is 13.9. The summed E-state index contributed by atoms with van der Waals surface area (Å²) in [5.41, 5.74) is 6.20. The molecular weight excluding hydrogens is 582 g/mol. The van der Waals surface area contributed by atoms with Crippen LogP contribution in [0.3, 0.4) is 0 Å². The summed E-state index contributed by atoms with van der Waals surface area (Å²) in [5, 5.41) is 6.49. The van der Waals surface area contributed by atoms with Crippen LogP contribution in [0.5, 0.6) is 0 Å². The molecule has 0 unspecified atom stereocenters. The minimum absolute atomic E-state index is 0.0380. The molecule has 0 saturated carbocycles. The molecule has 0 bridgehead atoms. The number of nitrogens with zero attached hydrogens (tertiary/aromatic N) is 2. The minimum Gasteiger partial charge on any atom is -0.370 e. The molecule has 1 heterocycles. The van der Waals surface area contributed by atoms with Crippen LogP contribution in [0.25, 0.3) is 0 Å². The second-order valence-electron chi connectivity index (χ2n) is 9.03. The number of hydrogen-bond acceptors (Lipinski definition) is 11. The van der Waals surface area contributed by atoms with Gasteiger partial charge in [-0.05, 0) is 65.2 Å². The largest absolute Gasteiger partial charge is 0.370 e. The summed E-state index contributed by atoms with van der Waals surface area (Å²) >= 11 is 0. The number of guanidine groups is 1. The van der Waals surface area contributed by atoms with Gasteiger partial charge in [-0.25, -0.2) is 8.42 Å². The van der Waals surface area contributed by atoms with Gasteiger partial charge in [0.1, 0.15) is 0 Å². The van der Waals surface area contributed by atoms with E-state index in [4.69, 9.17) is 29.2 Å². The maximum Gasteiger partial charge on any atom is 0.347 e. The van der Waals surface area contributed by atoms with Crippen LogP contribution in [0.15, 0.2) is 23.1 Å². The summed E-state index contributed by atoms with van der Waals surface area (Å²) in [4.78, 5) is 16.4. The van der Waals surface area contributed by atoms with Gasteiger partial charge in [0, 0.05) is 24.9 Å². The van der Waals surface area contributed by atoms with Crippen LogP contribution in [0.4, 0.5) is 5.69 Å². The summed E-state index contributed by atoms with van der Waals surface area (Å²) in [5.74, 6) is -1.62. The molecular formula is C24H42N4O9P2S. The number of piperidine rings is 1. The molecule has 1 amide bonds. The third-order valence-corrected chi connectivity index (χ3v) is 13.2. The predicted octanol–water partition coefficient (Wildman–Crippen LogP) is 4.27. The molecule has 1 fully saturated rings. The molecule has 0 radical (unpaired) electrons. The molecule has 13 nitrogen and oxygen atoms in total. The van der Waals surface area contributed by atoms with E-state index in [0.717, 1.165) is 30.4 Å². The normalized spacial score (nSPS) is 14.9. The fraction of sp³-hybridized carbons (Fsp3) is 0.667. The van der Waals surface area contributed by atoms with Crippen LogP contribution >= 0.6 is 15.2 Å². The van der Waals surface area contributed by atoms with Crippen molar-refractivity contribution in [1.29, 1.82) is 5.41 Å². The molecule has 2 rings (SSSR count). The Morgan fingerprint density at radius 1 is 0.975 bits per heavy atom. The third kappa shape index (κ3) is 8.38. The fourth-order valence-corrected chi connectivity index (χ4v) is 10.6. The minimum atomic E-state index is -4.26. The Kier molecular flexibility index (Phi) is 12.8. The van der Waals surface area contributed by atoms with Gasteiger partial charge < -0.3 is 28.7 Å². The van der Waals surface area contributed by atoms with Gasteiger partial charge in [0.05, 0.1) is 43.6 Å². The fourth-order valence-electron chi connectivity index (χ4n) is 4.46. The van der Waals surface area contributed by atoms with Gasteiger partial charge in [0.2, 0.25) is 0 Å². The molecule has 40 heavy (non-hydrogen) atoms. The van der Waals surface area contributed by atoms with Gasteiger partial charge >= 0.3 is 15.2 Å². The molecule has 0 atom stereocenters. The second-order valence-corrected chi connectivity index (χ2v) is 15.9. The SMILES string of the molecule is CCOP(=O)(OCC)C(CN(C(=N)N)C(=O)c1ccc(N2CCCCC2)c(S(C)(=O)=O)c1)P(=O)(OCC)OCC. The lowest BCUT2D eigenvalue weighted by atomic mass is 10.1. The first kappa shape index (κ1) is 34.4. The summed E-state index contributed by atoms with van der Waals surface area (Å²) in [7, 11) is -12.3. The Labute approximate surface area is 237 Å². The highest BCUT2D eigenvalue weighted by Gasteiger charge is 2.52. The number of carbonyl (C=O) groups is 1. The summed E-state index contributed by atoms with van der Waals surface area (Å²) < 4.78 is 75.1. The van der Waals surface area contributed by atoms with Crippen molar-refractivity contribution in [2.24, 2.45) is 5.73 Å². The van der Waals surface area contributed by atoms with E-state index in [1.165, 1.54) is 12.1 Å². The highest BCUT2D eigenvalue weighted by atomic mass is 32.2. The number of rotatable bonds is 15. The number of nitrogens with one attached hydrogen (secondary N) is 1. The van der Waals surface area contributed by atoms with Gasteiger partial charge in [0.25, 0.3) is 5.91 Å². The zero-order chi connectivity index (χ0) is 30.1. The number of benzene rings is 1. The van der Waals surface area contributed by atoms with Crippen molar-refractivity contribution >= 4 is 42.6 Å². The van der Waals surface area contributed by atoms with Gasteiger partial charge in [-0.15, -0.1) is 0 Å². The van der Waals surface area contributed by atoms with Crippen molar-refractivity contribution in [3.63, 3.8) is 0 Å². The van der Waals surface area contributed by atoms with Crippen LogP contribution in [0, 0.1) is 5.41 Å². The van der Waals surface area contributed by atoms with E-state index >= 15 is 0 Å². The molecule has 0 spiro atoms. The molecule has 1 aromatic carbocycles. The zero-order valence-electron chi connectivity index (χ0n) is 23.8. The first-order valence-corrected chi connectivity index (χ1v) is 18.4. The monoisotopic (exact) mass is 624 g/mol. The van der Waals surface area contributed by atoms with Gasteiger partial charge in [-0.3, -0.25) is 24.2 Å². The molecule has 16 heteroatoms. The van der Waals surface area contributed by atoms with Crippen molar-refractivity contribution in [3.05, 3.63) is 23.8 Å². The number of nitrogens with two attached hydrogens (primary N) is 1. The quantitative estimate of drug-likeness (QED) is 0.162. The molecule has 228 valence electrons. The standard InChI is InChI=1S/C24H42N4O9P2S/c1-6-34-38(30,35-7-2)22(39(31,36-8-3)37-9-4)18-28(24(25)26)23(29)19-13-14-20(21(17-19)40(5,32)33)27-15-11-10-12-16-27/h13-14,17,22H,6-12,15-16,18H2,1-5H3,(H3,25,26). The second kappa shape index (κ2) is 14.9. The molecule has 1 aromatic rings. The number of sulfone groups is 1. The number of hydrogen-bond donors (Lipinski definition) is 2. The van der Waals surface area contributed by atoms with Crippen molar-refractivity contribution in [2.75, 3.05) is 57.2 Å². The van der Waals surface area contributed by atoms with E-state index in [-0.39, 0.29) is 36.9 Å². The molecule has 1 aliphatic heterocycles. The smallest absolute Gasteiger partial charge is 0.347 e. The molecule has 0 aliphatic carbocycles. The van der Waals surface area contributed by atoms with Crippen LogP contribution in [0.1, 0.15) is 57.3 Å². The Morgan fingerprint density at radius 3 is 1.85 bits per heavy atom. The molecule has 0 aromatic heterocycles. The first-order chi connectivity index (χ1) is 18.8. The van der Waals surface area contributed by atoms with Crippen molar-refractivity contribution in [2.45, 2.75) is 57.3 Å². The van der Waals surface area contributed by atoms with E-state index in [0.29, 0.717) is 18.8 Å². The van der Waals surface area contributed by atoms with Crippen molar-refractivity contribution in [3.8, 4) is 0 Å². The van der Waals surface area contributed by atoms with E-state index in [1.54, 1.807) is 33.8 Å². The number of anilines is 1. The zero-order valence-corrected chi connectivity index (χ0v) is 26.4. The van der Waals surface area contributed by atoms with E-state index in [1.807, 2.05) is 4.90 Å². The lowest BCUT2D eigenvalue weighted by molar-refractivity contribution is 0.0843. The molecule has 1 aliphatic rings. The predicted molar refractivity (Wildman–Crippen MR) is 154 cm³/mol. The first-order valence-electron chi connectivity index (χ1n) is 13.3. The summed E-state index contributed by atoms with van der Waals surface area (Å²) in [6.45, 7) is 6.68. The maximum absolute atomic E-state index is 13.9. The lowest BCUT2D eigenvalue weighted by Crippen LogP contribution is -2.46. The van der Waals surface area contributed by atoms with E-state index in [9.17, 15) is 22.3 Å². The van der Waals surface area contributed by atoms with Crippen LogP contribution in [-0.4, -0.2) is 82.9 Å². The van der Waals surface area contributed by atoms with Crippen LogP contribution in [-0.2, 0) is 37.1 Å². The van der Waals surface area contributed by atoms with Crippen molar-refractivity contribution in [1.82, 2.24) is 4.90 Å². The highest BCUT2D eigenvalue weighted by molar-refractivity contribution is 7.90. The van der Waals surface area contributed by atoms with Crippen molar-refractivity contribution < 1.29 is 40.4 Å². The van der Waals surface area contributed by atoms with Crippen LogP contribution < -0.4 is 10.6 Å². The molecule has 1 saturated heterocycles. The van der Waals surface area contributed by atoms with Gasteiger partial charge in [-0.1, -0.05) is 0 Å². The average Bonchev–Trinajstić information content (AvgIpc) is 2.88. The third-order valence-electron chi connectivity index (χ3n) is 6.15. The highest BCUT2D eigenvalue weighted by Crippen LogP contribution is 2.70. The van der Waals surface area contributed by atoms with E-state index in [2.05, 4.69) is 0 Å². The van der Waals surface area contributed by atoms with Gasteiger partial charge in [0.15, 0.2) is 21.2 Å².